The van der Waals surface area contributed by atoms with Crippen molar-refractivity contribution in [3.63, 3.8) is 0 Å². The molecule has 0 amide bonds. The summed E-state index contributed by atoms with van der Waals surface area (Å²) in [5.41, 5.74) is 21.5. The van der Waals surface area contributed by atoms with E-state index in [-0.39, 0.29) is 28.4 Å². The molecule has 2 nitrogen and oxygen atoms in total. The molecule has 11 aromatic rings. The Morgan fingerprint density at radius 3 is 1.51 bits per heavy atom. The zero-order valence-electron chi connectivity index (χ0n) is 48.8. The van der Waals surface area contributed by atoms with E-state index in [4.69, 9.17) is 0 Å². The summed E-state index contributed by atoms with van der Waals surface area (Å²) in [6.45, 7) is 32.7. The molecule has 0 atom stereocenters. The molecule has 0 saturated carbocycles. The molecule has 0 fully saturated rings. The van der Waals surface area contributed by atoms with Crippen LogP contribution in [0.1, 0.15) is 131 Å². The van der Waals surface area contributed by atoms with Crippen molar-refractivity contribution in [3.05, 3.63) is 210 Å². The zero-order valence-corrected chi connectivity index (χ0v) is 49.6. The van der Waals surface area contributed by atoms with Crippen LogP contribution in [0.3, 0.4) is 0 Å². The van der Waals surface area contributed by atoms with Crippen molar-refractivity contribution >= 4 is 110 Å². The quantitative estimate of drug-likeness (QED) is 0.125. The predicted octanol–water partition coefficient (Wildman–Crippen LogP) is 20.1. The highest BCUT2D eigenvalue weighted by atomic mass is 32.1. The number of nitrogens with zero attached hydrogens (tertiary/aromatic N) is 2. The van der Waals surface area contributed by atoms with E-state index in [1.54, 1.807) is 0 Å². The first-order chi connectivity index (χ1) is 37.5. The molecule has 13 rings (SSSR count). The predicted molar refractivity (Wildman–Crippen MR) is 348 cm³/mol. The van der Waals surface area contributed by atoms with Crippen LogP contribution in [0.15, 0.2) is 182 Å². The number of thiophene rings is 1. The van der Waals surface area contributed by atoms with Gasteiger partial charge in [0, 0.05) is 43.2 Å². The van der Waals surface area contributed by atoms with Crippen LogP contribution in [0.2, 0.25) is 0 Å². The molecular formula is C75H73BN2S. The molecule has 3 heterocycles. The van der Waals surface area contributed by atoms with Crippen molar-refractivity contribution in [2.75, 3.05) is 9.80 Å². The molecule has 2 aliphatic heterocycles. The molecule has 79 heavy (non-hydrogen) atoms. The fourth-order valence-corrected chi connectivity index (χ4v) is 14.1. The van der Waals surface area contributed by atoms with Crippen LogP contribution in [0.25, 0.3) is 64.7 Å². The molecule has 0 aliphatic carbocycles. The number of hydrogen-bond acceptors (Lipinski definition) is 3. The Hall–Kier alpha value is -7.40. The maximum atomic E-state index is 2.64. The highest BCUT2D eigenvalue weighted by molar-refractivity contribution is 7.33. The summed E-state index contributed by atoms with van der Waals surface area (Å²) < 4.78 is 2.71. The minimum Gasteiger partial charge on any atom is -0.311 e. The van der Waals surface area contributed by atoms with Crippen molar-refractivity contribution in [2.45, 2.75) is 125 Å². The number of benzene rings is 10. The fourth-order valence-electron chi connectivity index (χ4n) is 12.8. The van der Waals surface area contributed by atoms with E-state index in [0.29, 0.717) is 5.92 Å². The molecule has 0 bridgehead atoms. The van der Waals surface area contributed by atoms with Gasteiger partial charge in [-0.2, -0.15) is 0 Å². The molecular weight excluding hydrogens is 972 g/mol. The SMILES string of the molecule is CC(C)c1ccc(N2c3cccc4c3B(c3cc(-c5cc(C(C)(C)C)cc(C(C)(C)C)c5)ccc3N4c3ccc(C(C)(C)C)cc3-c3ccc4c5ccccc5c5ccccc5c4c3)c3sc4ccc(C(C)(C)C)cc4c32)cc1. The first-order valence-corrected chi connectivity index (χ1v) is 29.5. The second kappa shape index (κ2) is 18.1. The summed E-state index contributed by atoms with van der Waals surface area (Å²) in [6, 6.07) is 71.2. The highest BCUT2D eigenvalue weighted by Gasteiger charge is 2.46. The van der Waals surface area contributed by atoms with Gasteiger partial charge < -0.3 is 9.80 Å². The van der Waals surface area contributed by atoms with Gasteiger partial charge >= 0.3 is 0 Å². The second-order valence-electron chi connectivity index (χ2n) is 27.2. The Morgan fingerprint density at radius 2 is 0.911 bits per heavy atom. The van der Waals surface area contributed by atoms with Gasteiger partial charge in [-0.1, -0.05) is 218 Å². The molecule has 0 N–H and O–H groups in total. The normalized spacial score (nSPS) is 13.7. The van der Waals surface area contributed by atoms with Crippen LogP contribution in [0.5, 0.6) is 0 Å². The van der Waals surface area contributed by atoms with Crippen LogP contribution in [-0.2, 0) is 21.7 Å². The zero-order chi connectivity index (χ0) is 55.2. The standard InChI is InChI=1S/C75H73BN2S/c1-45(2)46-26-32-54(33-27-46)77-66-24-19-25-67-69(66)76(71-70(77)62-44-51(73(6,7)8)31-37-68(62)79-71)63-41-47(49-38-52(74(9,10)11)42-53(39-49)75(12,13)14)29-35-65(63)78(67)64-36-30-50(72(3,4)5)43-60(64)48-28-34-59-57-22-16-15-20-55(57)56-21-17-18-23-58(56)61(59)40-48/h15-45H,1-14H3. The third-order valence-corrected chi connectivity index (χ3v) is 18.6. The molecule has 392 valence electrons. The maximum absolute atomic E-state index is 2.64. The summed E-state index contributed by atoms with van der Waals surface area (Å²) in [6.07, 6.45) is 0. The molecule has 4 heteroatoms. The maximum Gasteiger partial charge on any atom is 0.264 e. The monoisotopic (exact) mass is 1040 g/mol. The third-order valence-electron chi connectivity index (χ3n) is 17.4. The lowest BCUT2D eigenvalue weighted by molar-refractivity contribution is 0.569. The summed E-state index contributed by atoms with van der Waals surface area (Å²) in [7, 11) is 0. The van der Waals surface area contributed by atoms with Crippen LogP contribution >= 0.6 is 11.3 Å². The number of rotatable bonds is 5. The van der Waals surface area contributed by atoms with Gasteiger partial charge in [-0.05, 0) is 176 Å². The van der Waals surface area contributed by atoms with Crippen molar-refractivity contribution in [1.82, 2.24) is 0 Å². The average molecular weight is 1050 g/mol. The average Bonchev–Trinajstić information content (AvgIpc) is 3.99. The van der Waals surface area contributed by atoms with Gasteiger partial charge in [-0.15, -0.1) is 11.3 Å². The lowest BCUT2D eigenvalue weighted by atomic mass is 9.36. The molecule has 0 spiro atoms. The van der Waals surface area contributed by atoms with E-state index in [0.717, 1.165) is 0 Å². The van der Waals surface area contributed by atoms with E-state index in [2.05, 4.69) is 289 Å². The van der Waals surface area contributed by atoms with Crippen LogP contribution in [-0.4, -0.2) is 6.71 Å². The van der Waals surface area contributed by atoms with Crippen molar-refractivity contribution in [3.8, 4) is 22.3 Å². The summed E-state index contributed by atoms with van der Waals surface area (Å²) in [5, 5.41) is 9.03. The van der Waals surface area contributed by atoms with E-state index in [9.17, 15) is 0 Å². The lowest BCUT2D eigenvalue weighted by Crippen LogP contribution is -2.60. The van der Waals surface area contributed by atoms with Gasteiger partial charge in [-0.25, -0.2) is 0 Å². The van der Waals surface area contributed by atoms with Gasteiger partial charge in [0.1, 0.15) is 0 Å². The van der Waals surface area contributed by atoms with Crippen LogP contribution in [0.4, 0.5) is 34.1 Å². The molecule has 10 aromatic carbocycles. The Morgan fingerprint density at radius 1 is 0.380 bits per heavy atom. The van der Waals surface area contributed by atoms with Crippen LogP contribution in [0, 0.1) is 0 Å². The molecule has 0 radical (unpaired) electrons. The van der Waals surface area contributed by atoms with Crippen molar-refractivity contribution in [2.24, 2.45) is 0 Å². The molecule has 2 aliphatic rings. The van der Waals surface area contributed by atoms with Gasteiger partial charge in [-0.3, -0.25) is 0 Å². The second-order valence-corrected chi connectivity index (χ2v) is 28.3. The largest absolute Gasteiger partial charge is 0.311 e. The topological polar surface area (TPSA) is 6.48 Å². The van der Waals surface area contributed by atoms with E-state index < -0.39 is 0 Å². The molecule has 0 saturated heterocycles. The third kappa shape index (κ3) is 8.42. The van der Waals surface area contributed by atoms with Crippen LogP contribution < -0.4 is 25.5 Å². The van der Waals surface area contributed by atoms with Crippen molar-refractivity contribution in [1.29, 1.82) is 0 Å². The Kier molecular flexibility index (Phi) is 11.7. The summed E-state index contributed by atoms with van der Waals surface area (Å²) in [5.74, 6) is 0.429. The van der Waals surface area contributed by atoms with E-state index >= 15 is 0 Å². The van der Waals surface area contributed by atoms with Gasteiger partial charge in [0.15, 0.2) is 0 Å². The van der Waals surface area contributed by atoms with Gasteiger partial charge in [0.05, 0.1) is 11.4 Å². The van der Waals surface area contributed by atoms with E-state index in [1.807, 2.05) is 11.3 Å². The van der Waals surface area contributed by atoms with Crippen molar-refractivity contribution < 1.29 is 0 Å². The summed E-state index contributed by atoms with van der Waals surface area (Å²) >= 11 is 1.99. The first-order valence-electron chi connectivity index (χ1n) is 28.7. The summed E-state index contributed by atoms with van der Waals surface area (Å²) in [4.78, 5) is 5.26. The molecule has 1 aromatic heterocycles. The van der Waals surface area contributed by atoms with Gasteiger partial charge in [0.2, 0.25) is 0 Å². The minimum atomic E-state index is -0.0811. The number of hydrogen-bond donors (Lipinski definition) is 0. The first kappa shape index (κ1) is 51.1. The number of anilines is 6. The fraction of sp³-hybridized carbons (Fsp3) is 0.253. The highest BCUT2D eigenvalue weighted by Crippen LogP contribution is 2.51. The van der Waals surface area contributed by atoms with E-state index in [1.165, 1.54) is 142 Å². The van der Waals surface area contributed by atoms with Gasteiger partial charge in [0.25, 0.3) is 6.71 Å². The molecule has 0 unspecified atom stereocenters. The minimum absolute atomic E-state index is 0.0149. The lowest BCUT2D eigenvalue weighted by Gasteiger charge is -2.43. The Bertz CT molecular complexity index is 4210. The number of fused-ring (bicyclic) bond motifs is 12. The smallest absolute Gasteiger partial charge is 0.264 e. The Balaban J connectivity index is 1.13. The Labute approximate surface area is 473 Å².